The maximum Gasteiger partial charge on any atom is 0.187 e. The molecule has 0 aromatic rings. The van der Waals surface area contributed by atoms with Gasteiger partial charge in [-0.05, 0) is 12.8 Å². The summed E-state index contributed by atoms with van der Waals surface area (Å²) in [6.45, 7) is 33.4. The minimum atomic E-state index is -1.70. The minimum absolute atomic E-state index is 0.338. The molecule has 3 heterocycles. The van der Waals surface area contributed by atoms with Crippen LogP contribution in [-0.2, 0) is 28.4 Å². The molecule has 0 amide bonds. The van der Waals surface area contributed by atoms with Gasteiger partial charge in [0.15, 0.2) is 18.9 Å². The number of hydrogen-bond acceptors (Lipinski definition) is 17. The van der Waals surface area contributed by atoms with Crippen molar-refractivity contribution >= 4 is 48.4 Å². The van der Waals surface area contributed by atoms with Crippen molar-refractivity contribution in [2.24, 2.45) is 0 Å². The van der Waals surface area contributed by atoms with Crippen molar-refractivity contribution in [1.29, 1.82) is 0 Å². The summed E-state index contributed by atoms with van der Waals surface area (Å²) in [6.07, 6.45) is -18.6. The number of hydrogen-bond donors (Lipinski definition) is 11. The van der Waals surface area contributed by atoms with Crippen molar-refractivity contribution in [1.82, 2.24) is 0 Å². The van der Waals surface area contributed by atoms with Crippen LogP contribution in [0.5, 0.6) is 0 Å². The molecular formula is C42H94O17Si6. The first-order valence-corrected chi connectivity index (χ1v) is 44.8. The molecule has 3 fully saturated rings. The highest BCUT2D eigenvalue weighted by Gasteiger charge is 2.51. The molecule has 0 saturated carbocycles. The summed E-state index contributed by atoms with van der Waals surface area (Å²) in [7, 11) is -7.58. The molecule has 0 aliphatic carbocycles. The average molecular weight is 1040 g/mol. The predicted molar refractivity (Wildman–Crippen MR) is 267 cm³/mol. The first kappa shape index (κ1) is 61.7. The first-order chi connectivity index (χ1) is 29.6. The first-order valence-electron chi connectivity index (χ1n) is 23.7. The maximum absolute atomic E-state index is 10.8. The Morgan fingerprint density at radius 1 is 0.369 bits per heavy atom. The van der Waals surface area contributed by atoms with Crippen molar-refractivity contribution in [2.45, 2.75) is 231 Å². The Morgan fingerprint density at radius 2 is 0.662 bits per heavy atom. The van der Waals surface area contributed by atoms with E-state index in [1.165, 1.54) is 28.7 Å². The lowest BCUT2D eigenvalue weighted by molar-refractivity contribution is -0.359. The van der Waals surface area contributed by atoms with E-state index in [4.69, 9.17) is 28.4 Å². The zero-order valence-electron chi connectivity index (χ0n) is 42.2. The van der Waals surface area contributed by atoms with Crippen LogP contribution in [0.4, 0.5) is 0 Å². The normalized spacial score (nSPS) is 34.6. The van der Waals surface area contributed by atoms with E-state index in [-0.39, 0.29) is 0 Å². The van der Waals surface area contributed by atoms with Crippen LogP contribution in [-0.4, -0.2) is 230 Å². The minimum Gasteiger partial charge on any atom is -0.394 e. The zero-order chi connectivity index (χ0) is 50.1. The second kappa shape index (κ2) is 25.8. The van der Waals surface area contributed by atoms with Crippen molar-refractivity contribution in [3.8, 4) is 0 Å². The van der Waals surface area contributed by atoms with Crippen molar-refractivity contribution in [2.75, 3.05) is 33.0 Å². The van der Waals surface area contributed by atoms with Crippen LogP contribution in [0.2, 0.25) is 126 Å². The SMILES string of the molecule is C[Si](C)(C)C[Si](C)(CCCO[C@@H]1O[C@H](CO)[C@@H](O)[C@H](O)[C@H]1O)C[Si](C)(C)C.C[Si](C)(C)C[Si](C)(CCCO[C@@H]1O[C@H](CO)[C@@H](OC2O[C@H](CO)[C@@H](O)[C@H](O)[C@H]2O)[C@H](O)[C@H]1O)C[Si](C)(C)C. The van der Waals surface area contributed by atoms with Gasteiger partial charge in [0.25, 0.3) is 0 Å². The zero-order valence-corrected chi connectivity index (χ0v) is 48.2. The third-order valence-electron chi connectivity index (χ3n) is 12.1. The maximum atomic E-state index is 10.8. The summed E-state index contributed by atoms with van der Waals surface area (Å²) in [4.78, 5) is 0. The number of aliphatic hydroxyl groups is 11. The van der Waals surface area contributed by atoms with Crippen LogP contribution < -0.4 is 0 Å². The van der Waals surface area contributed by atoms with E-state index < -0.39 is 160 Å². The highest BCUT2D eigenvalue weighted by atomic mass is 28.4. The van der Waals surface area contributed by atoms with Crippen LogP contribution in [0.25, 0.3) is 0 Å². The molecule has 3 rings (SSSR count). The third kappa shape index (κ3) is 20.7. The van der Waals surface area contributed by atoms with Crippen molar-refractivity contribution in [3.05, 3.63) is 0 Å². The van der Waals surface area contributed by atoms with Gasteiger partial charge >= 0.3 is 0 Å². The quantitative estimate of drug-likeness (QED) is 0.0515. The van der Waals surface area contributed by atoms with Crippen LogP contribution in [0.3, 0.4) is 0 Å². The summed E-state index contributed by atoms with van der Waals surface area (Å²) < 4.78 is 33.6. The largest absolute Gasteiger partial charge is 0.394 e. The van der Waals surface area contributed by atoms with E-state index in [0.29, 0.717) is 13.2 Å². The standard InChI is InChI=1S/C24H52O11Si3.C18H42O6Si3/c1-36(2,3)13-38(7,14-37(4,5)6)10-8-9-32-23-21(31)19(29)22(16(12-26)34-23)35-24-20(30)18(28)17(27)15(11-25)33-24;1-25(2,3)12-27(7,13-26(4,5)6)10-8-9-23-18-17(22)16(21)15(20)14(11-19)24-18/h15-31H,8-14H2,1-7H3;14-22H,8-13H2,1-7H3/t15-,16-,17-,18+,19-,20-,21-,22-,23-,24?;14-,15-,16+,17-,18-/m11/s1. The van der Waals surface area contributed by atoms with Gasteiger partial charge in [-0.25, -0.2) is 0 Å². The van der Waals surface area contributed by atoms with Crippen LogP contribution in [0.15, 0.2) is 0 Å². The van der Waals surface area contributed by atoms with Gasteiger partial charge in [-0.1, -0.05) is 126 Å². The fourth-order valence-electron chi connectivity index (χ4n) is 10.9. The van der Waals surface area contributed by atoms with Gasteiger partial charge in [-0.15, -0.1) is 0 Å². The van der Waals surface area contributed by atoms with Gasteiger partial charge in [-0.3, -0.25) is 0 Å². The molecule has 0 bridgehead atoms. The lowest BCUT2D eigenvalue weighted by atomic mass is 9.97. The van der Waals surface area contributed by atoms with Gasteiger partial charge in [0.2, 0.25) is 0 Å². The van der Waals surface area contributed by atoms with Gasteiger partial charge in [0.05, 0.1) is 19.8 Å². The Bertz CT molecular complexity index is 1330. The van der Waals surface area contributed by atoms with E-state index in [0.717, 1.165) is 18.9 Å². The average Bonchev–Trinajstić information content (AvgIpc) is 3.14. The molecule has 65 heavy (non-hydrogen) atoms. The molecule has 3 aliphatic rings. The molecule has 3 aliphatic heterocycles. The van der Waals surface area contributed by atoms with Crippen molar-refractivity contribution in [3.63, 3.8) is 0 Å². The second-order valence-corrected chi connectivity index (χ2v) is 59.1. The molecule has 3 saturated heterocycles. The summed E-state index contributed by atoms with van der Waals surface area (Å²) in [5, 5.41) is 110. The number of rotatable bonds is 23. The van der Waals surface area contributed by atoms with E-state index >= 15 is 0 Å². The molecule has 0 spiro atoms. The van der Waals surface area contributed by atoms with Crippen molar-refractivity contribution < 1.29 is 84.6 Å². The number of ether oxygens (including phenoxy) is 6. The van der Waals surface area contributed by atoms with E-state index in [1.54, 1.807) is 0 Å². The Hall–Kier alpha value is 0.621. The molecule has 0 aromatic carbocycles. The lowest BCUT2D eigenvalue weighted by Crippen LogP contribution is -2.64. The van der Waals surface area contributed by atoms with Crippen LogP contribution in [0, 0.1) is 0 Å². The summed E-state index contributed by atoms with van der Waals surface area (Å²) in [6, 6.07) is 2.30. The monoisotopic (exact) mass is 1040 g/mol. The fraction of sp³-hybridized carbons (Fsp3) is 1.00. The van der Waals surface area contributed by atoms with Gasteiger partial charge in [-0.2, -0.15) is 0 Å². The Morgan fingerprint density at radius 3 is 0.985 bits per heavy atom. The van der Waals surface area contributed by atoms with Gasteiger partial charge in [0, 0.05) is 61.7 Å². The van der Waals surface area contributed by atoms with Gasteiger partial charge in [0.1, 0.15) is 73.2 Å². The molecular weight excluding hydrogens is 945 g/mol. The highest BCUT2D eigenvalue weighted by molar-refractivity contribution is 7.03. The molecule has 23 heteroatoms. The molecule has 388 valence electrons. The highest BCUT2D eigenvalue weighted by Crippen LogP contribution is 2.35. The van der Waals surface area contributed by atoms with Crippen LogP contribution >= 0.6 is 0 Å². The summed E-state index contributed by atoms with van der Waals surface area (Å²) >= 11 is 0. The van der Waals surface area contributed by atoms with E-state index in [1.807, 2.05) is 0 Å². The Labute approximate surface area is 395 Å². The van der Waals surface area contributed by atoms with Crippen LogP contribution in [0.1, 0.15) is 12.8 Å². The van der Waals surface area contributed by atoms with E-state index in [9.17, 15) is 56.2 Å². The molecule has 15 atom stereocenters. The fourth-order valence-corrected chi connectivity index (χ4v) is 59.9. The van der Waals surface area contributed by atoms with Gasteiger partial charge < -0.3 is 84.6 Å². The van der Waals surface area contributed by atoms with E-state index in [2.05, 4.69) is 91.7 Å². The Balaban J connectivity index is 0.000000474. The molecule has 17 nitrogen and oxygen atoms in total. The third-order valence-corrected chi connectivity index (χ3v) is 45.8. The molecule has 0 radical (unpaired) electrons. The lowest BCUT2D eigenvalue weighted by Gasteiger charge is -2.46. The smallest absolute Gasteiger partial charge is 0.187 e. The molecule has 11 N–H and O–H groups in total. The topological polar surface area (TPSA) is 278 Å². The summed E-state index contributed by atoms with van der Waals surface area (Å²) in [5.41, 5.74) is 5.55. The second-order valence-electron chi connectivity index (χ2n) is 24.7. The predicted octanol–water partition coefficient (Wildman–Crippen LogP) is 1.88. The summed E-state index contributed by atoms with van der Waals surface area (Å²) in [5.74, 6) is 0. The molecule has 0 aromatic heterocycles. The number of aliphatic hydroxyl groups excluding tert-OH is 11. The Kier molecular flexibility index (Phi) is 24.5. The molecule has 1 unspecified atom stereocenters.